The van der Waals surface area contributed by atoms with Crippen LogP contribution in [0.25, 0.3) is 10.8 Å². The molecule has 0 saturated carbocycles. The van der Waals surface area contributed by atoms with Crippen LogP contribution in [-0.2, 0) is 9.53 Å². The first-order valence-electron chi connectivity index (χ1n) is 10.8. The zero-order valence-electron chi connectivity index (χ0n) is 18.8. The minimum absolute atomic E-state index is 0.109. The Morgan fingerprint density at radius 1 is 0.914 bits per heavy atom. The molecule has 1 aromatic heterocycles. The van der Waals surface area contributed by atoms with E-state index in [4.69, 9.17) is 4.74 Å². The molecule has 9 heteroatoms. The second-order valence-electron chi connectivity index (χ2n) is 7.72. The number of nitrogens with one attached hydrogen (secondary N) is 3. The summed E-state index contributed by atoms with van der Waals surface area (Å²) in [5.41, 5.74) is 0.939. The van der Waals surface area contributed by atoms with Gasteiger partial charge in [-0.25, -0.2) is 9.89 Å². The van der Waals surface area contributed by atoms with E-state index in [2.05, 4.69) is 20.8 Å². The van der Waals surface area contributed by atoms with E-state index in [1.807, 2.05) is 37.3 Å². The average molecular weight is 470 g/mol. The first-order valence-corrected chi connectivity index (χ1v) is 10.8. The van der Waals surface area contributed by atoms with Gasteiger partial charge in [-0.2, -0.15) is 5.10 Å². The molecule has 9 nitrogen and oxygen atoms in total. The first-order chi connectivity index (χ1) is 16.9. The lowest BCUT2D eigenvalue weighted by Crippen LogP contribution is -2.28. The maximum Gasteiger partial charge on any atom is 0.359 e. The normalized spacial score (nSPS) is 11.5. The minimum Gasteiger partial charge on any atom is -0.451 e. The average Bonchev–Trinajstić information content (AvgIpc) is 2.88. The summed E-state index contributed by atoms with van der Waals surface area (Å²) >= 11 is 0. The highest BCUT2D eigenvalue weighted by Crippen LogP contribution is 2.18. The lowest BCUT2D eigenvalue weighted by atomic mass is 10.1. The molecule has 3 aromatic carbocycles. The van der Waals surface area contributed by atoms with Crippen LogP contribution < -0.4 is 16.2 Å². The molecule has 0 aliphatic rings. The maximum absolute atomic E-state index is 12.8. The van der Waals surface area contributed by atoms with Crippen LogP contribution in [0.15, 0.2) is 83.7 Å². The summed E-state index contributed by atoms with van der Waals surface area (Å²) in [7, 11) is 0. The molecule has 176 valence electrons. The quantitative estimate of drug-likeness (QED) is 0.356. The molecule has 4 rings (SSSR count). The summed E-state index contributed by atoms with van der Waals surface area (Å²) in [6.45, 7) is 1.26. The van der Waals surface area contributed by atoms with Crippen molar-refractivity contribution in [2.45, 2.75) is 13.0 Å². The van der Waals surface area contributed by atoms with Gasteiger partial charge in [0.25, 0.3) is 17.4 Å². The monoisotopic (exact) mass is 470 g/mol. The predicted molar refractivity (Wildman–Crippen MR) is 130 cm³/mol. The Morgan fingerprint density at radius 3 is 2.34 bits per heavy atom. The number of nitrogens with zero attached hydrogens (tertiary/aromatic N) is 1. The number of carbonyl (C=O) groups excluding carboxylic acids is 3. The third-order valence-corrected chi connectivity index (χ3v) is 5.32. The fraction of sp³-hybridized carbons (Fsp3) is 0.115. The van der Waals surface area contributed by atoms with E-state index in [-0.39, 0.29) is 34.3 Å². The van der Waals surface area contributed by atoms with Crippen molar-refractivity contribution in [3.63, 3.8) is 0 Å². The number of hydrogen-bond donors (Lipinski definition) is 3. The molecule has 0 radical (unpaired) electrons. The number of para-hydroxylation sites is 1. The third-order valence-electron chi connectivity index (χ3n) is 5.32. The van der Waals surface area contributed by atoms with Crippen molar-refractivity contribution in [3.05, 3.63) is 106 Å². The lowest BCUT2D eigenvalue weighted by Gasteiger charge is -2.16. The number of amides is 2. The van der Waals surface area contributed by atoms with Crippen LogP contribution in [0.2, 0.25) is 0 Å². The van der Waals surface area contributed by atoms with Crippen molar-refractivity contribution >= 4 is 34.2 Å². The van der Waals surface area contributed by atoms with Crippen molar-refractivity contribution in [2.24, 2.45) is 0 Å². The number of fused-ring (bicyclic) bond motifs is 1. The Labute approximate surface area is 200 Å². The maximum atomic E-state index is 12.8. The molecule has 3 N–H and O–H groups in total. The number of hydrogen-bond acceptors (Lipinski definition) is 6. The summed E-state index contributed by atoms with van der Waals surface area (Å²) in [6.07, 6.45) is 0. The van der Waals surface area contributed by atoms with Gasteiger partial charge in [0, 0.05) is 5.39 Å². The van der Waals surface area contributed by atoms with E-state index in [0.717, 1.165) is 5.56 Å². The van der Waals surface area contributed by atoms with Crippen LogP contribution in [0.1, 0.15) is 39.4 Å². The fourth-order valence-corrected chi connectivity index (χ4v) is 3.55. The third kappa shape index (κ3) is 5.41. The number of H-pyrrole nitrogens is 1. The number of rotatable bonds is 7. The van der Waals surface area contributed by atoms with Crippen LogP contribution in [0.4, 0.5) is 5.69 Å². The van der Waals surface area contributed by atoms with E-state index < -0.39 is 24.0 Å². The Balaban J connectivity index is 1.41. The Morgan fingerprint density at radius 2 is 1.57 bits per heavy atom. The molecule has 0 aliphatic heterocycles. The molecular weight excluding hydrogens is 448 g/mol. The van der Waals surface area contributed by atoms with Crippen LogP contribution in [-0.4, -0.2) is 34.6 Å². The molecule has 2 amide bonds. The zero-order chi connectivity index (χ0) is 24.8. The molecule has 0 saturated heterocycles. The van der Waals surface area contributed by atoms with Crippen molar-refractivity contribution in [2.75, 3.05) is 11.9 Å². The number of ether oxygens (including phenoxy) is 1. The molecule has 4 aromatic rings. The van der Waals surface area contributed by atoms with E-state index in [9.17, 15) is 19.2 Å². The SMILES string of the molecule is CC(NC(=O)c1ccccc1NC(=O)COC(=O)c1n[nH]c(=O)c2ccccc12)c1ccccc1. The van der Waals surface area contributed by atoms with Gasteiger partial charge in [0.1, 0.15) is 0 Å². The van der Waals surface area contributed by atoms with Crippen molar-refractivity contribution in [1.82, 2.24) is 15.5 Å². The fourth-order valence-electron chi connectivity index (χ4n) is 3.55. The number of aromatic nitrogens is 2. The highest BCUT2D eigenvalue weighted by atomic mass is 16.5. The molecule has 1 unspecified atom stereocenters. The summed E-state index contributed by atoms with van der Waals surface area (Å²) in [5.74, 6) is -1.86. The standard InChI is InChI=1S/C26H22N4O5/c1-16(17-9-3-2-4-10-17)27-24(32)20-13-7-8-14-21(20)28-22(31)15-35-26(34)23-18-11-5-6-12-19(18)25(33)30-29-23/h2-14,16H,15H2,1H3,(H,27,32)(H,28,31)(H,30,33). The number of benzene rings is 3. The summed E-state index contributed by atoms with van der Waals surface area (Å²) < 4.78 is 5.10. The number of carbonyl (C=O) groups is 3. The Bertz CT molecular complexity index is 1450. The number of anilines is 1. The van der Waals surface area contributed by atoms with Gasteiger partial charge < -0.3 is 15.4 Å². The van der Waals surface area contributed by atoms with Crippen LogP contribution in [0.5, 0.6) is 0 Å². The van der Waals surface area contributed by atoms with Gasteiger partial charge in [-0.15, -0.1) is 0 Å². The topological polar surface area (TPSA) is 130 Å². The second-order valence-corrected chi connectivity index (χ2v) is 7.72. The number of esters is 1. The van der Waals surface area contributed by atoms with E-state index in [0.29, 0.717) is 5.39 Å². The van der Waals surface area contributed by atoms with Gasteiger partial charge in [0.05, 0.1) is 22.7 Å². The van der Waals surface area contributed by atoms with Gasteiger partial charge >= 0.3 is 5.97 Å². The first kappa shape index (κ1) is 23.4. The zero-order valence-corrected chi connectivity index (χ0v) is 18.8. The molecule has 35 heavy (non-hydrogen) atoms. The summed E-state index contributed by atoms with van der Waals surface area (Å²) in [5, 5.41) is 12.1. The van der Waals surface area contributed by atoms with E-state index >= 15 is 0 Å². The highest BCUT2D eigenvalue weighted by Gasteiger charge is 2.19. The summed E-state index contributed by atoms with van der Waals surface area (Å²) in [6, 6.07) is 22.2. The van der Waals surface area contributed by atoms with Crippen molar-refractivity contribution in [3.8, 4) is 0 Å². The molecule has 1 heterocycles. The van der Waals surface area contributed by atoms with Gasteiger partial charge in [-0.1, -0.05) is 60.7 Å². The largest absolute Gasteiger partial charge is 0.451 e. The van der Waals surface area contributed by atoms with E-state index in [1.165, 1.54) is 0 Å². The van der Waals surface area contributed by atoms with Gasteiger partial charge in [-0.05, 0) is 30.7 Å². The molecule has 1 atom stereocenters. The Kier molecular flexibility index (Phi) is 6.96. The predicted octanol–water partition coefficient (Wildman–Crippen LogP) is 3.21. The minimum atomic E-state index is -0.865. The molecule has 0 spiro atoms. The van der Waals surface area contributed by atoms with Gasteiger partial charge in [0.15, 0.2) is 12.3 Å². The Hall–Kier alpha value is -4.79. The smallest absolute Gasteiger partial charge is 0.359 e. The molecule has 0 aliphatic carbocycles. The van der Waals surface area contributed by atoms with E-state index in [1.54, 1.807) is 48.5 Å². The number of aromatic amines is 1. The lowest BCUT2D eigenvalue weighted by molar-refractivity contribution is -0.119. The van der Waals surface area contributed by atoms with Crippen molar-refractivity contribution < 1.29 is 19.1 Å². The summed E-state index contributed by atoms with van der Waals surface area (Å²) in [4.78, 5) is 49.7. The second kappa shape index (κ2) is 10.4. The van der Waals surface area contributed by atoms with Gasteiger partial charge in [-0.3, -0.25) is 14.4 Å². The van der Waals surface area contributed by atoms with Crippen LogP contribution in [0, 0.1) is 0 Å². The van der Waals surface area contributed by atoms with Crippen LogP contribution >= 0.6 is 0 Å². The molecular formula is C26H22N4O5. The molecule has 0 fully saturated rings. The van der Waals surface area contributed by atoms with Gasteiger partial charge in [0.2, 0.25) is 0 Å². The van der Waals surface area contributed by atoms with Crippen LogP contribution in [0.3, 0.4) is 0 Å². The highest BCUT2D eigenvalue weighted by molar-refractivity contribution is 6.05. The van der Waals surface area contributed by atoms with Crippen molar-refractivity contribution in [1.29, 1.82) is 0 Å². The molecule has 0 bridgehead atoms.